The zero-order valence-corrected chi connectivity index (χ0v) is 9.23. The van der Waals surface area contributed by atoms with E-state index in [9.17, 15) is 4.79 Å². The van der Waals surface area contributed by atoms with Crippen molar-refractivity contribution >= 4 is 11.7 Å². The molecule has 86 valence electrons. The second-order valence-corrected chi connectivity index (χ2v) is 3.23. The summed E-state index contributed by atoms with van der Waals surface area (Å²) in [6.07, 6.45) is 0. The lowest BCUT2D eigenvalue weighted by molar-refractivity contribution is -0.140. The summed E-state index contributed by atoms with van der Waals surface area (Å²) in [5.74, 6) is -0.400. The fraction of sp³-hybridized carbons (Fsp3) is 0.250. The van der Waals surface area contributed by atoms with Crippen LogP contribution in [-0.4, -0.2) is 19.2 Å². The van der Waals surface area contributed by atoms with Crippen molar-refractivity contribution in [3.05, 3.63) is 42.5 Å². The predicted octanol–water partition coefficient (Wildman–Crippen LogP) is 2.15. The van der Waals surface area contributed by atoms with Gasteiger partial charge in [-0.15, -0.1) is 0 Å². The number of anilines is 1. The molecule has 1 aromatic rings. The number of benzene rings is 1. The Morgan fingerprint density at radius 3 is 2.62 bits per heavy atom. The van der Waals surface area contributed by atoms with Crippen LogP contribution in [0.1, 0.15) is 6.92 Å². The minimum atomic E-state index is -0.400. The fourth-order valence-corrected chi connectivity index (χ4v) is 0.940. The molecule has 4 heteroatoms. The molecule has 0 aliphatic heterocycles. The van der Waals surface area contributed by atoms with Crippen LogP contribution in [-0.2, 0) is 14.4 Å². The van der Waals surface area contributed by atoms with Gasteiger partial charge in [0.05, 0.1) is 5.69 Å². The average molecular weight is 221 g/mol. The maximum Gasteiger partial charge on any atom is 0.333 e. The molecule has 1 N–H and O–H groups in total. The molecular weight excluding hydrogens is 206 g/mol. The highest BCUT2D eigenvalue weighted by Crippen LogP contribution is 2.04. The van der Waals surface area contributed by atoms with Crippen LogP contribution in [0.2, 0.25) is 0 Å². The van der Waals surface area contributed by atoms with Crippen molar-refractivity contribution in [3.63, 3.8) is 0 Å². The van der Waals surface area contributed by atoms with Crippen LogP contribution < -0.4 is 5.48 Å². The molecule has 0 amide bonds. The Morgan fingerprint density at radius 1 is 1.31 bits per heavy atom. The molecular formula is C12H15NO3. The molecule has 0 radical (unpaired) electrons. The summed E-state index contributed by atoms with van der Waals surface area (Å²) in [7, 11) is 0. The van der Waals surface area contributed by atoms with Gasteiger partial charge < -0.3 is 4.74 Å². The molecule has 0 fully saturated rings. The monoisotopic (exact) mass is 221 g/mol. The molecule has 1 rings (SSSR count). The molecule has 0 spiro atoms. The number of hydrogen-bond acceptors (Lipinski definition) is 4. The summed E-state index contributed by atoms with van der Waals surface area (Å²) in [5.41, 5.74) is 3.97. The predicted molar refractivity (Wildman–Crippen MR) is 61.8 cm³/mol. The van der Waals surface area contributed by atoms with Gasteiger partial charge >= 0.3 is 5.97 Å². The molecule has 0 aromatic heterocycles. The standard InChI is InChI=1S/C12H15NO3/c1-10(2)12(14)15-8-9-16-13-11-6-4-3-5-7-11/h3-7,13H,1,8-9H2,2H3. The zero-order valence-electron chi connectivity index (χ0n) is 9.23. The Kier molecular flexibility index (Phi) is 5.08. The van der Waals surface area contributed by atoms with Crippen LogP contribution >= 0.6 is 0 Å². The number of ether oxygens (including phenoxy) is 1. The third kappa shape index (κ3) is 4.61. The molecule has 0 atom stereocenters. The molecule has 0 saturated heterocycles. The maximum absolute atomic E-state index is 11.0. The Labute approximate surface area is 94.8 Å². The lowest BCUT2D eigenvalue weighted by atomic mass is 10.3. The van der Waals surface area contributed by atoms with Gasteiger partial charge in [-0.25, -0.2) is 4.79 Å². The number of para-hydroxylation sites is 1. The minimum Gasteiger partial charge on any atom is -0.460 e. The van der Waals surface area contributed by atoms with Gasteiger partial charge in [0.15, 0.2) is 0 Å². The van der Waals surface area contributed by atoms with E-state index in [4.69, 9.17) is 9.57 Å². The van der Waals surface area contributed by atoms with Crippen LogP contribution in [0.4, 0.5) is 5.69 Å². The van der Waals surface area contributed by atoms with Crippen LogP contribution in [0.5, 0.6) is 0 Å². The lowest BCUT2D eigenvalue weighted by Crippen LogP contribution is -2.13. The Hall–Kier alpha value is -1.81. The first-order chi connectivity index (χ1) is 7.70. The number of esters is 1. The van der Waals surface area contributed by atoms with E-state index in [1.165, 1.54) is 0 Å². The number of rotatable bonds is 6. The van der Waals surface area contributed by atoms with E-state index in [0.29, 0.717) is 5.57 Å². The first kappa shape index (κ1) is 12.3. The molecule has 0 saturated carbocycles. The van der Waals surface area contributed by atoms with E-state index in [2.05, 4.69) is 12.1 Å². The van der Waals surface area contributed by atoms with Gasteiger partial charge in [0.2, 0.25) is 0 Å². The average Bonchev–Trinajstić information content (AvgIpc) is 2.29. The Morgan fingerprint density at radius 2 is 2.00 bits per heavy atom. The highest BCUT2D eigenvalue weighted by Gasteiger charge is 2.01. The largest absolute Gasteiger partial charge is 0.460 e. The van der Waals surface area contributed by atoms with Crippen molar-refractivity contribution < 1.29 is 14.4 Å². The minimum absolute atomic E-state index is 0.200. The molecule has 0 heterocycles. The number of carbonyl (C=O) groups is 1. The van der Waals surface area contributed by atoms with Gasteiger partial charge in [-0.3, -0.25) is 10.3 Å². The van der Waals surface area contributed by atoms with Crippen molar-refractivity contribution in [2.75, 3.05) is 18.7 Å². The van der Waals surface area contributed by atoms with E-state index < -0.39 is 5.97 Å². The summed E-state index contributed by atoms with van der Waals surface area (Å²) in [6.45, 7) is 5.56. The van der Waals surface area contributed by atoms with Gasteiger partial charge in [0, 0.05) is 5.57 Å². The van der Waals surface area contributed by atoms with Crippen molar-refractivity contribution in [1.82, 2.24) is 0 Å². The molecule has 0 aliphatic rings. The molecule has 16 heavy (non-hydrogen) atoms. The van der Waals surface area contributed by atoms with Crippen molar-refractivity contribution in [2.24, 2.45) is 0 Å². The summed E-state index contributed by atoms with van der Waals surface area (Å²) in [5, 5.41) is 0. The number of carbonyl (C=O) groups excluding carboxylic acids is 1. The molecule has 4 nitrogen and oxygen atoms in total. The first-order valence-electron chi connectivity index (χ1n) is 4.95. The summed E-state index contributed by atoms with van der Waals surface area (Å²) in [4.78, 5) is 16.1. The van der Waals surface area contributed by atoms with E-state index in [0.717, 1.165) is 5.69 Å². The van der Waals surface area contributed by atoms with E-state index in [-0.39, 0.29) is 13.2 Å². The van der Waals surface area contributed by atoms with Gasteiger partial charge in [0.25, 0.3) is 0 Å². The van der Waals surface area contributed by atoms with Gasteiger partial charge in [-0.1, -0.05) is 24.8 Å². The highest BCUT2D eigenvalue weighted by atomic mass is 16.7. The molecule has 1 aromatic carbocycles. The van der Waals surface area contributed by atoms with Crippen LogP contribution in [0.3, 0.4) is 0 Å². The van der Waals surface area contributed by atoms with Crippen molar-refractivity contribution in [3.8, 4) is 0 Å². The Balaban J connectivity index is 2.09. The third-order valence-electron chi connectivity index (χ3n) is 1.73. The van der Waals surface area contributed by atoms with Crippen molar-refractivity contribution in [1.29, 1.82) is 0 Å². The third-order valence-corrected chi connectivity index (χ3v) is 1.73. The SMILES string of the molecule is C=C(C)C(=O)OCCONc1ccccc1. The smallest absolute Gasteiger partial charge is 0.333 e. The second-order valence-electron chi connectivity index (χ2n) is 3.23. The zero-order chi connectivity index (χ0) is 11.8. The molecule has 0 aliphatic carbocycles. The van der Waals surface area contributed by atoms with Gasteiger partial charge in [-0.2, -0.15) is 0 Å². The van der Waals surface area contributed by atoms with E-state index >= 15 is 0 Å². The Bertz CT molecular complexity index is 349. The van der Waals surface area contributed by atoms with Crippen LogP contribution in [0.15, 0.2) is 42.5 Å². The van der Waals surface area contributed by atoms with Crippen LogP contribution in [0, 0.1) is 0 Å². The first-order valence-corrected chi connectivity index (χ1v) is 4.95. The summed E-state index contributed by atoms with van der Waals surface area (Å²) < 4.78 is 4.84. The maximum atomic E-state index is 11.0. The normalized spacial score (nSPS) is 9.56. The number of nitrogens with one attached hydrogen (secondary N) is 1. The molecule has 0 bridgehead atoms. The lowest BCUT2D eigenvalue weighted by Gasteiger charge is -2.07. The summed E-state index contributed by atoms with van der Waals surface area (Å²) >= 11 is 0. The van der Waals surface area contributed by atoms with Gasteiger partial charge in [0.1, 0.15) is 13.2 Å². The van der Waals surface area contributed by atoms with E-state index in [1.807, 2.05) is 30.3 Å². The topological polar surface area (TPSA) is 47.6 Å². The van der Waals surface area contributed by atoms with Crippen molar-refractivity contribution in [2.45, 2.75) is 6.92 Å². The quantitative estimate of drug-likeness (QED) is 0.346. The fourth-order valence-electron chi connectivity index (χ4n) is 0.940. The summed E-state index contributed by atoms with van der Waals surface area (Å²) in [6, 6.07) is 9.46. The van der Waals surface area contributed by atoms with E-state index in [1.54, 1.807) is 6.92 Å². The second kappa shape index (κ2) is 6.63. The highest BCUT2D eigenvalue weighted by molar-refractivity contribution is 5.86. The van der Waals surface area contributed by atoms with Crippen LogP contribution in [0.25, 0.3) is 0 Å². The van der Waals surface area contributed by atoms with Gasteiger partial charge in [-0.05, 0) is 19.1 Å². The number of hydrogen-bond donors (Lipinski definition) is 1. The molecule has 0 unspecified atom stereocenters.